The number of rotatable bonds is 9. The zero-order valence-corrected chi connectivity index (χ0v) is 16.8. The van der Waals surface area contributed by atoms with E-state index in [9.17, 15) is 9.59 Å². The second-order valence-electron chi connectivity index (χ2n) is 6.18. The lowest BCUT2D eigenvalue weighted by atomic mass is 10.1. The molecule has 0 aliphatic carbocycles. The third kappa shape index (κ3) is 6.17. The van der Waals surface area contributed by atoms with Gasteiger partial charge in [0.2, 0.25) is 0 Å². The molecular formula is C22H22N2O4S. The fourth-order valence-electron chi connectivity index (χ4n) is 2.54. The highest BCUT2D eigenvalue weighted by atomic mass is 32.1. The Bertz CT molecular complexity index is 922. The number of methoxy groups -OCH3 is 1. The van der Waals surface area contributed by atoms with Crippen molar-refractivity contribution in [1.29, 1.82) is 0 Å². The van der Waals surface area contributed by atoms with Crippen LogP contribution in [-0.2, 0) is 11.3 Å². The third-order valence-corrected chi connectivity index (χ3v) is 4.95. The highest BCUT2D eigenvalue weighted by Crippen LogP contribution is 2.15. The van der Waals surface area contributed by atoms with Crippen molar-refractivity contribution in [2.45, 2.75) is 6.54 Å². The van der Waals surface area contributed by atoms with Gasteiger partial charge in [-0.15, -0.1) is 11.3 Å². The van der Waals surface area contributed by atoms with Crippen LogP contribution in [0.4, 0.5) is 5.69 Å². The number of benzene rings is 2. The summed E-state index contributed by atoms with van der Waals surface area (Å²) in [4.78, 5) is 25.0. The lowest BCUT2D eigenvalue weighted by Gasteiger charge is -2.09. The molecule has 0 fully saturated rings. The SMILES string of the molecule is COCCOc1ccc(CNC(=O)c2ccc(NC(=O)c3cccs3)cc2)cc1. The van der Waals surface area contributed by atoms with Crippen LogP contribution in [0.5, 0.6) is 5.75 Å². The van der Waals surface area contributed by atoms with Crippen LogP contribution in [0.1, 0.15) is 25.6 Å². The monoisotopic (exact) mass is 410 g/mol. The highest BCUT2D eigenvalue weighted by molar-refractivity contribution is 7.12. The molecule has 0 spiro atoms. The van der Waals surface area contributed by atoms with Crippen molar-refractivity contribution in [2.24, 2.45) is 0 Å². The van der Waals surface area contributed by atoms with E-state index in [2.05, 4.69) is 10.6 Å². The van der Waals surface area contributed by atoms with E-state index >= 15 is 0 Å². The molecule has 2 aromatic carbocycles. The summed E-state index contributed by atoms with van der Waals surface area (Å²) in [5.74, 6) is 0.422. The summed E-state index contributed by atoms with van der Waals surface area (Å²) in [5.41, 5.74) is 2.14. The quantitative estimate of drug-likeness (QED) is 0.524. The van der Waals surface area contributed by atoms with Gasteiger partial charge in [0.25, 0.3) is 11.8 Å². The Balaban J connectivity index is 1.48. The molecule has 0 saturated carbocycles. The van der Waals surface area contributed by atoms with Crippen molar-refractivity contribution in [2.75, 3.05) is 25.6 Å². The standard InChI is InChI=1S/C22H22N2O4S/c1-27-12-13-28-19-10-4-16(5-11-19)15-23-21(25)17-6-8-18(9-7-17)24-22(26)20-3-2-14-29-20/h2-11,14H,12-13,15H2,1H3,(H,23,25)(H,24,26). The molecule has 0 unspecified atom stereocenters. The summed E-state index contributed by atoms with van der Waals surface area (Å²) in [7, 11) is 1.63. The van der Waals surface area contributed by atoms with Gasteiger partial charge < -0.3 is 20.1 Å². The molecule has 0 saturated heterocycles. The van der Waals surface area contributed by atoms with Gasteiger partial charge in [0.15, 0.2) is 0 Å². The molecule has 3 rings (SSSR count). The van der Waals surface area contributed by atoms with Gasteiger partial charge in [0, 0.05) is 24.9 Å². The molecule has 3 aromatic rings. The first-order valence-electron chi connectivity index (χ1n) is 9.09. The van der Waals surface area contributed by atoms with Crippen LogP contribution < -0.4 is 15.4 Å². The molecule has 7 heteroatoms. The van der Waals surface area contributed by atoms with E-state index in [1.807, 2.05) is 35.7 Å². The van der Waals surface area contributed by atoms with E-state index < -0.39 is 0 Å². The second kappa shape index (κ2) is 10.4. The van der Waals surface area contributed by atoms with Crippen LogP contribution in [0.3, 0.4) is 0 Å². The molecule has 0 aliphatic rings. The maximum absolute atomic E-state index is 12.3. The maximum Gasteiger partial charge on any atom is 0.265 e. The molecule has 1 heterocycles. The summed E-state index contributed by atoms with van der Waals surface area (Å²) in [5, 5.41) is 7.55. The number of hydrogen-bond acceptors (Lipinski definition) is 5. The first-order chi connectivity index (χ1) is 14.2. The van der Waals surface area contributed by atoms with Gasteiger partial charge in [-0.3, -0.25) is 9.59 Å². The fraction of sp³-hybridized carbons (Fsp3) is 0.182. The summed E-state index contributed by atoms with van der Waals surface area (Å²) < 4.78 is 10.5. The Hall–Kier alpha value is -3.16. The minimum absolute atomic E-state index is 0.160. The first kappa shape index (κ1) is 20.6. The molecule has 6 nitrogen and oxygen atoms in total. The Morgan fingerprint density at radius 2 is 1.69 bits per heavy atom. The molecule has 150 valence electrons. The fourth-order valence-corrected chi connectivity index (χ4v) is 3.16. The maximum atomic E-state index is 12.3. The van der Waals surface area contributed by atoms with E-state index in [-0.39, 0.29) is 11.8 Å². The molecule has 2 N–H and O–H groups in total. The average molecular weight is 410 g/mol. The summed E-state index contributed by atoms with van der Waals surface area (Å²) in [6.07, 6.45) is 0. The number of thiophene rings is 1. The second-order valence-corrected chi connectivity index (χ2v) is 7.12. The first-order valence-corrected chi connectivity index (χ1v) is 9.97. The summed E-state index contributed by atoms with van der Waals surface area (Å²) in [6, 6.07) is 17.9. The number of amides is 2. The van der Waals surface area contributed by atoms with Crippen LogP contribution in [0.2, 0.25) is 0 Å². The van der Waals surface area contributed by atoms with E-state index in [1.54, 1.807) is 37.4 Å². The Morgan fingerprint density at radius 1 is 0.931 bits per heavy atom. The van der Waals surface area contributed by atoms with Gasteiger partial charge in [-0.2, -0.15) is 0 Å². The smallest absolute Gasteiger partial charge is 0.265 e. The normalized spacial score (nSPS) is 10.4. The molecule has 0 atom stereocenters. The lowest BCUT2D eigenvalue weighted by molar-refractivity contribution is 0.0950. The highest BCUT2D eigenvalue weighted by Gasteiger charge is 2.09. The summed E-state index contributed by atoms with van der Waals surface area (Å²) in [6.45, 7) is 1.44. The van der Waals surface area contributed by atoms with Gasteiger partial charge >= 0.3 is 0 Å². The third-order valence-electron chi connectivity index (χ3n) is 4.08. The van der Waals surface area contributed by atoms with Crippen molar-refractivity contribution in [3.63, 3.8) is 0 Å². The van der Waals surface area contributed by atoms with Gasteiger partial charge in [-0.05, 0) is 53.4 Å². The van der Waals surface area contributed by atoms with Crippen molar-refractivity contribution in [3.05, 3.63) is 82.0 Å². The summed E-state index contributed by atoms with van der Waals surface area (Å²) >= 11 is 1.38. The van der Waals surface area contributed by atoms with Gasteiger partial charge in [0.1, 0.15) is 12.4 Å². The largest absolute Gasteiger partial charge is 0.491 e. The van der Waals surface area contributed by atoms with Gasteiger partial charge in [0.05, 0.1) is 11.5 Å². The van der Waals surface area contributed by atoms with Gasteiger partial charge in [-0.25, -0.2) is 0 Å². The molecular weight excluding hydrogens is 388 g/mol. The van der Waals surface area contributed by atoms with E-state index in [1.165, 1.54) is 11.3 Å². The Morgan fingerprint density at radius 3 is 2.34 bits per heavy atom. The van der Waals surface area contributed by atoms with Crippen LogP contribution in [0, 0.1) is 0 Å². The van der Waals surface area contributed by atoms with Gasteiger partial charge in [-0.1, -0.05) is 18.2 Å². The van der Waals surface area contributed by atoms with Crippen LogP contribution in [0.15, 0.2) is 66.0 Å². The molecule has 0 radical (unpaired) electrons. The minimum atomic E-state index is -0.179. The van der Waals surface area contributed by atoms with E-state index in [4.69, 9.17) is 9.47 Å². The number of carbonyl (C=O) groups excluding carboxylic acids is 2. The van der Waals surface area contributed by atoms with Crippen LogP contribution in [0.25, 0.3) is 0 Å². The molecule has 1 aromatic heterocycles. The molecule has 0 bridgehead atoms. The average Bonchev–Trinajstić information content (AvgIpc) is 3.29. The van der Waals surface area contributed by atoms with Crippen LogP contribution >= 0.6 is 11.3 Å². The van der Waals surface area contributed by atoms with E-state index in [0.29, 0.717) is 35.9 Å². The predicted octanol–water partition coefficient (Wildman–Crippen LogP) is 3.96. The zero-order chi connectivity index (χ0) is 20.5. The van der Waals surface area contributed by atoms with Crippen molar-refractivity contribution >= 4 is 28.8 Å². The molecule has 29 heavy (non-hydrogen) atoms. The van der Waals surface area contributed by atoms with Crippen molar-refractivity contribution < 1.29 is 19.1 Å². The van der Waals surface area contributed by atoms with Crippen molar-refractivity contribution in [3.8, 4) is 5.75 Å². The number of ether oxygens (including phenoxy) is 2. The van der Waals surface area contributed by atoms with Crippen molar-refractivity contribution in [1.82, 2.24) is 5.32 Å². The number of hydrogen-bond donors (Lipinski definition) is 2. The Labute approximate surface area is 173 Å². The number of nitrogens with one attached hydrogen (secondary N) is 2. The van der Waals surface area contributed by atoms with E-state index in [0.717, 1.165) is 11.3 Å². The zero-order valence-electron chi connectivity index (χ0n) is 16.0. The number of carbonyl (C=O) groups is 2. The lowest BCUT2D eigenvalue weighted by Crippen LogP contribution is -2.22. The number of anilines is 1. The predicted molar refractivity (Wildman–Crippen MR) is 114 cm³/mol. The Kier molecular flexibility index (Phi) is 7.38. The molecule has 0 aliphatic heterocycles. The molecule has 2 amide bonds. The topological polar surface area (TPSA) is 76.7 Å². The minimum Gasteiger partial charge on any atom is -0.491 e. The van der Waals surface area contributed by atoms with Crippen LogP contribution in [-0.4, -0.2) is 32.1 Å².